The highest BCUT2D eigenvalue weighted by molar-refractivity contribution is 5.72. The topological polar surface area (TPSA) is 58.4 Å². The molecule has 1 saturated heterocycles. The smallest absolute Gasteiger partial charge is 0.314 e. The van der Waals surface area contributed by atoms with Crippen LogP contribution in [0.5, 0.6) is 0 Å². The highest BCUT2D eigenvalue weighted by Crippen LogP contribution is 2.25. The highest BCUT2D eigenvalue weighted by atomic mass is 16.2. The van der Waals surface area contributed by atoms with E-state index in [4.69, 9.17) is 5.73 Å². The number of nitrogens with two attached hydrogens (primary N) is 1. The number of nitrogens with one attached hydrogen (secondary N) is 1. The molecule has 1 aliphatic heterocycles. The van der Waals surface area contributed by atoms with E-state index in [0.29, 0.717) is 18.0 Å². The Morgan fingerprint density at radius 2 is 2.00 bits per heavy atom. The molecule has 110 valence electrons. The summed E-state index contributed by atoms with van der Waals surface area (Å²) >= 11 is 0. The van der Waals surface area contributed by atoms with Crippen molar-refractivity contribution in [1.29, 1.82) is 0 Å². The number of nitrogens with zero attached hydrogens (tertiary/aromatic N) is 1. The van der Waals surface area contributed by atoms with Gasteiger partial charge >= 0.3 is 6.03 Å². The molecule has 2 atom stereocenters. The second-order valence-corrected chi connectivity index (χ2v) is 6.33. The molecule has 0 aromatic carbocycles. The molecule has 0 aromatic heterocycles. The molecule has 4 heteroatoms. The second-order valence-electron chi connectivity index (χ2n) is 6.33. The summed E-state index contributed by atoms with van der Waals surface area (Å²) < 4.78 is 0. The quantitative estimate of drug-likeness (QED) is 0.804. The first-order valence-electron chi connectivity index (χ1n) is 7.99. The monoisotopic (exact) mass is 267 g/mol. The lowest BCUT2D eigenvalue weighted by atomic mass is 9.89. The van der Waals surface area contributed by atoms with E-state index in [1.165, 1.54) is 51.4 Å². The van der Waals surface area contributed by atoms with E-state index in [0.717, 1.165) is 13.1 Å². The van der Waals surface area contributed by atoms with Crippen molar-refractivity contribution in [2.24, 2.45) is 11.7 Å². The number of hydrogen-bond acceptors (Lipinski definition) is 2. The van der Waals surface area contributed by atoms with Crippen LogP contribution in [0.2, 0.25) is 0 Å². The fourth-order valence-electron chi connectivity index (χ4n) is 3.63. The Hall–Kier alpha value is -0.770. The summed E-state index contributed by atoms with van der Waals surface area (Å²) in [7, 11) is 0. The van der Waals surface area contributed by atoms with E-state index >= 15 is 0 Å². The minimum atomic E-state index is -0.251. The van der Waals surface area contributed by atoms with Gasteiger partial charge in [-0.3, -0.25) is 0 Å². The van der Waals surface area contributed by atoms with Crippen molar-refractivity contribution in [1.82, 2.24) is 10.2 Å². The van der Waals surface area contributed by atoms with Gasteiger partial charge in [0.05, 0.1) is 0 Å². The number of carbonyl (C=O) groups is 1. The normalized spacial score (nSPS) is 28.8. The third-order valence-electron chi connectivity index (χ3n) is 4.64. The van der Waals surface area contributed by atoms with Crippen molar-refractivity contribution in [2.75, 3.05) is 13.1 Å². The van der Waals surface area contributed by atoms with Gasteiger partial charge in [0.2, 0.25) is 0 Å². The van der Waals surface area contributed by atoms with E-state index in [9.17, 15) is 4.79 Å². The molecular weight excluding hydrogens is 238 g/mol. The van der Waals surface area contributed by atoms with Crippen molar-refractivity contribution in [2.45, 2.75) is 70.4 Å². The molecule has 0 radical (unpaired) electrons. The van der Waals surface area contributed by atoms with Gasteiger partial charge in [-0.25, -0.2) is 4.79 Å². The lowest BCUT2D eigenvalue weighted by Gasteiger charge is -2.38. The van der Waals surface area contributed by atoms with E-state index in [1.54, 1.807) is 0 Å². The Balaban J connectivity index is 1.87. The van der Waals surface area contributed by atoms with Crippen molar-refractivity contribution < 1.29 is 4.79 Å². The predicted molar refractivity (Wildman–Crippen MR) is 78.0 cm³/mol. The van der Waals surface area contributed by atoms with Crippen LogP contribution in [0.3, 0.4) is 0 Å². The van der Waals surface area contributed by atoms with Gasteiger partial charge in [0.15, 0.2) is 0 Å². The highest BCUT2D eigenvalue weighted by Gasteiger charge is 2.30. The number of amides is 2. The van der Waals surface area contributed by atoms with Gasteiger partial charge in [0.25, 0.3) is 0 Å². The van der Waals surface area contributed by atoms with Crippen LogP contribution in [-0.2, 0) is 0 Å². The zero-order chi connectivity index (χ0) is 13.7. The van der Waals surface area contributed by atoms with E-state index in [-0.39, 0.29) is 6.03 Å². The molecule has 2 unspecified atom stereocenters. The molecule has 2 rings (SSSR count). The fourth-order valence-corrected chi connectivity index (χ4v) is 3.63. The molecule has 0 spiro atoms. The maximum atomic E-state index is 11.5. The number of piperidine rings is 1. The Morgan fingerprint density at radius 1 is 1.26 bits per heavy atom. The molecule has 3 N–H and O–H groups in total. The summed E-state index contributed by atoms with van der Waals surface area (Å²) in [4.78, 5) is 13.3. The van der Waals surface area contributed by atoms with Crippen LogP contribution in [0.4, 0.5) is 4.79 Å². The summed E-state index contributed by atoms with van der Waals surface area (Å²) in [6, 6.07) is 0.871. The third kappa shape index (κ3) is 4.37. The van der Waals surface area contributed by atoms with Crippen LogP contribution in [0, 0.1) is 5.92 Å². The number of hydrogen-bond donors (Lipinski definition) is 2. The molecule has 4 nitrogen and oxygen atoms in total. The first kappa shape index (κ1) is 14.6. The van der Waals surface area contributed by atoms with Gasteiger partial charge in [-0.1, -0.05) is 32.6 Å². The number of urea groups is 1. The Labute approximate surface area is 117 Å². The van der Waals surface area contributed by atoms with E-state index in [2.05, 4.69) is 12.2 Å². The van der Waals surface area contributed by atoms with Gasteiger partial charge in [-0.05, 0) is 31.6 Å². The molecular formula is C15H29N3O. The Bertz CT molecular complexity index is 289. The number of likely N-dealkylation sites (tertiary alicyclic amines) is 1. The average Bonchev–Trinajstić information content (AvgIpc) is 2.89. The molecule has 1 heterocycles. The summed E-state index contributed by atoms with van der Waals surface area (Å²) in [6.45, 7) is 3.88. The van der Waals surface area contributed by atoms with Crippen molar-refractivity contribution in [3.05, 3.63) is 0 Å². The standard InChI is InChI=1S/C15H29N3O/c1-2-3-6-12-9-14(11-18(10-12)15(16)19)17-13-7-4-5-8-13/h12-14,17H,2-11H2,1H3,(H2,16,19). The van der Waals surface area contributed by atoms with Crippen LogP contribution in [0.15, 0.2) is 0 Å². The Morgan fingerprint density at radius 3 is 2.63 bits per heavy atom. The van der Waals surface area contributed by atoms with Gasteiger partial charge in [0.1, 0.15) is 0 Å². The van der Waals surface area contributed by atoms with E-state index in [1.807, 2.05) is 4.90 Å². The maximum Gasteiger partial charge on any atom is 0.314 e. The molecule has 0 aromatic rings. The van der Waals surface area contributed by atoms with Crippen LogP contribution in [0.25, 0.3) is 0 Å². The lowest BCUT2D eigenvalue weighted by Crippen LogP contribution is -2.54. The van der Waals surface area contributed by atoms with Crippen LogP contribution in [0.1, 0.15) is 58.3 Å². The predicted octanol–water partition coefficient (Wildman–Crippen LogP) is 2.48. The Kier molecular flexibility index (Phi) is 5.49. The second kappa shape index (κ2) is 7.13. The minimum Gasteiger partial charge on any atom is -0.351 e. The summed E-state index contributed by atoms with van der Waals surface area (Å²) in [5, 5.41) is 3.76. The van der Waals surface area contributed by atoms with Gasteiger partial charge in [-0.15, -0.1) is 0 Å². The number of primary amides is 1. The summed E-state index contributed by atoms with van der Waals surface area (Å²) in [6.07, 6.45) is 10.2. The van der Waals surface area contributed by atoms with Crippen molar-refractivity contribution in [3.63, 3.8) is 0 Å². The minimum absolute atomic E-state index is 0.251. The van der Waals surface area contributed by atoms with E-state index < -0.39 is 0 Å². The van der Waals surface area contributed by atoms with Crippen molar-refractivity contribution in [3.8, 4) is 0 Å². The van der Waals surface area contributed by atoms with Gasteiger partial charge < -0.3 is 16.0 Å². The largest absolute Gasteiger partial charge is 0.351 e. The van der Waals surface area contributed by atoms with Crippen LogP contribution < -0.4 is 11.1 Å². The molecule has 2 fully saturated rings. The molecule has 2 aliphatic rings. The van der Waals surface area contributed by atoms with Crippen molar-refractivity contribution >= 4 is 6.03 Å². The third-order valence-corrected chi connectivity index (χ3v) is 4.64. The van der Waals surface area contributed by atoms with Gasteiger partial charge in [-0.2, -0.15) is 0 Å². The number of rotatable bonds is 5. The number of carbonyl (C=O) groups excluding carboxylic acids is 1. The van der Waals surface area contributed by atoms with Crippen LogP contribution in [-0.4, -0.2) is 36.1 Å². The first-order valence-corrected chi connectivity index (χ1v) is 7.99. The zero-order valence-electron chi connectivity index (χ0n) is 12.2. The molecule has 1 saturated carbocycles. The summed E-state index contributed by atoms with van der Waals surface area (Å²) in [5.41, 5.74) is 5.49. The fraction of sp³-hybridized carbons (Fsp3) is 0.933. The van der Waals surface area contributed by atoms with Crippen LogP contribution >= 0.6 is 0 Å². The lowest BCUT2D eigenvalue weighted by molar-refractivity contribution is 0.143. The first-order chi connectivity index (χ1) is 9.19. The number of unbranched alkanes of at least 4 members (excludes halogenated alkanes) is 1. The van der Waals surface area contributed by atoms with Gasteiger partial charge in [0, 0.05) is 25.2 Å². The maximum absolute atomic E-state index is 11.5. The molecule has 1 aliphatic carbocycles. The summed E-state index contributed by atoms with van der Waals surface area (Å²) in [5.74, 6) is 0.625. The molecule has 2 amide bonds. The average molecular weight is 267 g/mol. The zero-order valence-corrected chi connectivity index (χ0v) is 12.2. The molecule has 0 bridgehead atoms. The SMILES string of the molecule is CCCCC1CC(NC2CCCC2)CN(C(N)=O)C1. The molecule has 19 heavy (non-hydrogen) atoms.